The Labute approximate surface area is 129 Å². The molecule has 0 radical (unpaired) electrons. The summed E-state index contributed by atoms with van der Waals surface area (Å²) in [5, 5.41) is 20.0. The maximum atomic E-state index is 12.1. The first-order valence-electron chi connectivity index (χ1n) is 5.83. The lowest BCUT2D eigenvalue weighted by molar-refractivity contribution is -0.311. The third-order valence-electron chi connectivity index (χ3n) is 2.63. The summed E-state index contributed by atoms with van der Waals surface area (Å²) in [5.74, 6) is -1.51. The second-order valence-electron chi connectivity index (χ2n) is 3.97. The largest absolute Gasteiger partial charge is 0.548 e. The van der Waals surface area contributed by atoms with Gasteiger partial charge in [0.25, 0.3) is 5.91 Å². The molecule has 0 aromatic carbocycles. The number of furan rings is 1. The second kappa shape index (κ2) is 6.70. The first kappa shape index (κ1) is 15.5. The summed E-state index contributed by atoms with van der Waals surface area (Å²) in [6.07, 6.45) is 6.27. The fourth-order valence-corrected chi connectivity index (χ4v) is 2.95. The van der Waals surface area contributed by atoms with Gasteiger partial charge in [-0.05, 0) is 24.3 Å². The second-order valence-corrected chi connectivity index (χ2v) is 5.64. The lowest BCUT2D eigenvalue weighted by atomic mass is 10.2. The maximum absolute atomic E-state index is 12.1. The number of carbonyl (C=O) groups is 2. The van der Waals surface area contributed by atoms with Crippen LogP contribution in [0.5, 0.6) is 0 Å². The maximum Gasteiger partial charge on any atom is 0.266 e. The number of aliphatic hydroxyl groups excluding tert-OH is 1. The lowest BCUT2D eigenvalue weighted by Gasteiger charge is -2.25. The third kappa shape index (κ3) is 3.41. The van der Waals surface area contributed by atoms with Crippen LogP contribution in [0.2, 0.25) is 0 Å². The molecule has 0 spiro atoms. The molecule has 21 heavy (non-hydrogen) atoms. The molecule has 1 N–H and O–H groups in total. The van der Waals surface area contributed by atoms with Crippen molar-refractivity contribution in [3.8, 4) is 0 Å². The first-order valence-corrected chi connectivity index (χ1v) is 7.06. The van der Waals surface area contributed by atoms with E-state index in [1.807, 2.05) is 0 Å². The van der Waals surface area contributed by atoms with Gasteiger partial charge in [0, 0.05) is 0 Å². The Morgan fingerprint density at radius 1 is 1.62 bits per heavy atom. The summed E-state index contributed by atoms with van der Waals surface area (Å²) in [6, 6.07) is 2.00. The summed E-state index contributed by atoms with van der Waals surface area (Å²) in [4.78, 5) is 24.1. The van der Waals surface area contributed by atoms with Gasteiger partial charge >= 0.3 is 0 Å². The number of rotatable bonds is 5. The van der Waals surface area contributed by atoms with Crippen LogP contribution in [0, 0.1) is 0 Å². The minimum atomic E-state index is -1.55. The Kier molecular flexibility index (Phi) is 4.94. The molecule has 110 valence electrons. The highest BCUT2D eigenvalue weighted by Crippen LogP contribution is 2.32. The molecule has 1 amide bonds. The number of amides is 1. The van der Waals surface area contributed by atoms with Crippen molar-refractivity contribution >= 4 is 46.3 Å². The van der Waals surface area contributed by atoms with Crippen LogP contribution in [-0.4, -0.2) is 38.9 Å². The molecular weight excluding hydrogens is 314 g/mol. The fourth-order valence-electron chi connectivity index (χ4n) is 1.64. The van der Waals surface area contributed by atoms with Gasteiger partial charge in [0.15, 0.2) is 0 Å². The monoisotopic (exact) mass is 324 g/mol. The number of hydrogen-bond donors (Lipinski definition) is 1. The number of hydrogen-bond acceptors (Lipinski definition) is 7. The van der Waals surface area contributed by atoms with E-state index in [0.717, 1.165) is 16.7 Å². The molecule has 0 bridgehead atoms. The number of nitrogens with zero attached hydrogens (tertiary/aromatic N) is 1. The lowest BCUT2D eigenvalue weighted by Crippen LogP contribution is -2.51. The highest BCUT2D eigenvalue weighted by molar-refractivity contribution is 8.26. The molecule has 0 saturated carbocycles. The number of allylic oxidation sites excluding steroid dienone is 2. The minimum absolute atomic E-state index is 0.0703. The highest BCUT2D eigenvalue weighted by Gasteiger charge is 2.37. The molecule has 2 heterocycles. The molecule has 6 nitrogen and oxygen atoms in total. The summed E-state index contributed by atoms with van der Waals surface area (Å²) < 4.78 is 5.16. The van der Waals surface area contributed by atoms with E-state index in [4.69, 9.17) is 21.7 Å². The summed E-state index contributed by atoms with van der Waals surface area (Å²) in [7, 11) is 0. The van der Waals surface area contributed by atoms with Crippen molar-refractivity contribution < 1.29 is 24.2 Å². The van der Waals surface area contributed by atoms with Crippen molar-refractivity contribution in [1.82, 2.24) is 4.90 Å². The fraction of sp³-hybridized carbons (Fsp3) is 0.154. The SMILES string of the molecule is O=C([O-])[C@@H](CO)N1C(=O)/C(=C/C=C/c2ccco2)SC1=S. The van der Waals surface area contributed by atoms with Crippen LogP contribution in [0.1, 0.15) is 5.76 Å². The van der Waals surface area contributed by atoms with E-state index < -0.39 is 24.5 Å². The van der Waals surface area contributed by atoms with E-state index in [-0.39, 0.29) is 9.23 Å². The van der Waals surface area contributed by atoms with Crippen LogP contribution in [-0.2, 0) is 9.59 Å². The average molecular weight is 324 g/mol. The summed E-state index contributed by atoms with van der Waals surface area (Å²) >= 11 is 5.93. The standard InChI is InChI=1S/C13H11NO5S2/c15-7-9(12(17)18)14-11(16)10(21-13(14)20)5-1-3-8-4-2-6-19-8/h1-6,9,15H,7H2,(H,17,18)/p-1/b3-1+,10-5-/t9-/m1/s1. The van der Waals surface area contributed by atoms with Gasteiger partial charge in [0.05, 0.1) is 23.7 Å². The molecule has 1 aliphatic heterocycles. The minimum Gasteiger partial charge on any atom is -0.548 e. The normalized spacial score (nSPS) is 18.9. The van der Waals surface area contributed by atoms with Gasteiger partial charge in [0.2, 0.25) is 0 Å². The zero-order valence-electron chi connectivity index (χ0n) is 10.6. The Bertz CT molecular complexity index is 621. The van der Waals surface area contributed by atoms with E-state index in [9.17, 15) is 14.7 Å². The van der Waals surface area contributed by atoms with Crippen molar-refractivity contribution in [1.29, 1.82) is 0 Å². The number of aliphatic carboxylic acids is 1. The summed E-state index contributed by atoms with van der Waals surface area (Å²) in [6.45, 7) is -0.760. The molecule has 0 aliphatic carbocycles. The Hall–Kier alpha value is -1.90. The predicted molar refractivity (Wildman–Crippen MR) is 78.7 cm³/mol. The zero-order chi connectivity index (χ0) is 15.4. The van der Waals surface area contributed by atoms with Crippen LogP contribution < -0.4 is 5.11 Å². The molecule has 1 aliphatic rings. The molecular formula is C13H10NO5S2-. The van der Waals surface area contributed by atoms with Crippen LogP contribution >= 0.6 is 24.0 Å². The quantitative estimate of drug-likeness (QED) is 0.608. The van der Waals surface area contributed by atoms with Gasteiger partial charge in [-0.25, -0.2) is 0 Å². The van der Waals surface area contributed by atoms with E-state index in [1.54, 1.807) is 24.3 Å². The first-order chi connectivity index (χ1) is 10.0. The molecule has 0 unspecified atom stereocenters. The highest BCUT2D eigenvalue weighted by atomic mass is 32.2. The van der Waals surface area contributed by atoms with Gasteiger partial charge < -0.3 is 19.4 Å². The Balaban J connectivity index is 2.15. The van der Waals surface area contributed by atoms with Crippen LogP contribution in [0.25, 0.3) is 6.08 Å². The molecule has 1 atom stereocenters. The molecule has 1 saturated heterocycles. The van der Waals surface area contributed by atoms with Crippen LogP contribution in [0.15, 0.2) is 39.9 Å². The molecule has 1 aromatic heterocycles. The number of carbonyl (C=O) groups excluding carboxylic acids is 2. The van der Waals surface area contributed by atoms with Gasteiger partial charge in [-0.1, -0.05) is 30.1 Å². The topological polar surface area (TPSA) is 93.8 Å². The van der Waals surface area contributed by atoms with Gasteiger partial charge in [-0.2, -0.15) is 0 Å². The van der Waals surface area contributed by atoms with E-state index in [2.05, 4.69) is 0 Å². The van der Waals surface area contributed by atoms with Crippen molar-refractivity contribution in [3.05, 3.63) is 41.2 Å². The molecule has 8 heteroatoms. The van der Waals surface area contributed by atoms with E-state index in [0.29, 0.717) is 5.76 Å². The van der Waals surface area contributed by atoms with Crippen LogP contribution in [0.3, 0.4) is 0 Å². The van der Waals surface area contributed by atoms with Crippen molar-refractivity contribution in [2.24, 2.45) is 0 Å². The number of aliphatic hydroxyl groups is 1. The van der Waals surface area contributed by atoms with Gasteiger partial charge in [-0.3, -0.25) is 9.69 Å². The molecule has 1 aromatic rings. The van der Waals surface area contributed by atoms with Gasteiger partial charge in [-0.15, -0.1) is 0 Å². The van der Waals surface area contributed by atoms with Crippen LogP contribution in [0.4, 0.5) is 0 Å². The van der Waals surface area contributed by atoms with Gasteiger partial charge in [0.1, 0.15) is 16.1 Å². The van der Waals surface area contributed by atoms with E-state index in [1.165, 1.54) is 12.3 Å². The van der Waals surface area contributed by atoms with Crippen molar-refractivity contribution in [2.45, 2.75) is 6.04 Å². The summed E-state index contributed by atoms with van der Waals surface area (Å²) in [5.41, 5.74) is 0. The number of carboxylic acid groups (broad SMARTS) is 1. The Morgan fingerprint density at radius 3 is 2.95 bits per heavy atom. The third-order valence-corrected chi connectivity index (χ3v) is 3.98. The van der Waals surface area contributed by atoms with E-state index >= 15 is 0 Å². The number of carboxylic acids is 1. The predicted octanol–water partition coefficient (Wildman–Crippen LogP) is 0.148. The Morgan fingerprint density at radius 2 is 2.38 bits per heavy atom. The van der Waals surface area contributed by atoms with Crippen molar-refractivity contribution in [3.63, 3.8) is 0 Å². The molecule has 2 rings (SSSR count). The smallest absolute Gasteiger partial charge is 0.266 e. The average Bonchev–Trinajstić information content (AvgIpc) is 3.03. The van der Waals surface area contributed by atoms with Crippen molar-refractivity contribution in [2.75, 3.05) is 6.61 Å². The number of thiocarbonyl (C=S) groups is 1. The molecule has 1 fully saturated rings. The zero-order valence-corrected chi connectivity index (χ0v) is 12.2. The number of thioether (sulfide) groups is 1.